The molecule has 21 heavy (non-hydrogen) atoms. The zero-order valence-electron chi connectivity index (χ0n) is 11.7. The van der Waals surface area contributed by atoms with E-state index < -0.39 is 5.91 Å². The molecule has 5 heteroatoms. The molecule has 4 N–H and O–H groups in total. The van der Waals surface area contributed by atoms with Crippen molar-refractivity contribution in [1.82, 2.24) is 5.32 Å². The van der Waals surface area contributed by atoms with Crippen LogP contribution in [0, 0.1) is 0 Å². The molecule has 0 radical (unpaired) electrons. The summed E-state index contributed by atoms with van der Waals surface area (Å²) >= 11 is 0. The monoisotopic (exact) mass is 283 g/mol. The molecule has 0 saturated heterocycles. The van der Waals surface area contributed by atoms with E-state index in [0.29, 0.717) is 17.7 Å². The van der Waals surface area contributed by atoms with Crippen LogP contribution < -0.4 is 16.4 Å². The van der Waals surface area contributed by atoms with E-state index in [0.717, 1.165) is 11.3 Å². The molecule has 0 heterocycles. The molecule has 0 aliphatic rings. The van der Waals surface area contributed by atoms with Gasteiger partial charge in [-0.2, -0.15) is 0 Å². The maximum atomic E-state index is 11.6. The fraction of sp³-hybridized carbons (Fsp3) is 0.125. The van der Waals surface area contributed by atoms with Gasteiger partial charge >= 0.3 is 0 Å². The minimum absolute atomic E-state index is 0.121. The van der Waals surface area contributed by atoms with Gasteiger partial charge in [0.2, 0.25) is 5.91 Å². The maximum Gasteiger partial charge on any atom is 0.251 e. The van der Waals surface area contributed by atoms with Gasteiger partial charge in [0.05, 0.1) is 0 Å². The first kappa shape index (κ1) is 14.6. The van der Waals surface area contributed by atoms with Crippen molar-refractivity contribution in [3.63, 3.8) is 0 Å². The maximum absolute atomic E-state index is 11.6. The summed E-state index contributed by atoms with van der Waals surface area (Å²) in [6, 6.07) is 14.3. The number of carbonyl (C=O) groups is 2. The number of benzene rings is 2. The van der Waals surface area contributed by atoms with Crippen molar-refractivity contribution in [2.24, 2.45) is 5.73 Å². The molecule has 0 unspecified atom stereocenters. The van der Waals surface area contributed by atoms with Crippen molar-refractivity contribution in [3.8, 4) is 0 Å². The highest BCUT2D eigenvalue weighted by Crippen LogP contribution is 2.12. The first-order valence-corrected chi connectivity index (χ1v) is 6.55. The molecule has 108 valence electrons. The van der Waals surface area contributed by atoms with Crippen molar-refractivity contribution < 1.29 is 9.59 Å². The van der Waals surface area contributed by atoms with Gasteiger partial charge in [0.1, 0.15) is 0 Å². The van der Waals surface area contributed by atoms with Gasteiger partial charge in [-0.3, -0.25) is 9.59 Å². The number of anilines is 1. The minimum Gasteiger partial charge on any atom is -0.381 e. The number of carbonyl (C=O) groups excluding carboxylic acids is 2. The van der Waals surface area contributed by atoms with Gasteiger partial charge in [0, 0.05) is 30.4 Å². The molecular weight excluding hydrogens is 266 g/mol. The van der Waals surface area contributed by atoms with Crippen LogP contribution >= 0.6 is 0 Å². The summed E-state index contributed by atoms with van der Waals surface area (Å²) in [4.78, 5) is 22.5. The summed E-state index contributed by atoms with van der Waals surface area (Å²) in [6.07, 6.45) is 0. The second-order valence-electron chi connectivity index (χ2n) is 4.57. The van der Waals surface area contributed by atoms with Crippen molar-refractivity contribution in [2.75, 3.05) is 12.4 Å². The van der Waals surface area contributed by atoms with Gasteiger partial charge in [-0.25, -0.2) is 0 Å². The lowest BCUT2D eigenvalue weighted by Crippen LogP contribution is -2.17. The SMILES string of the molecule is CNC(=O)c1cccc(NCc2ccc(C(N)=O)cc2)c1. The molecule has 2 amide bonds. The lowest BCUT2D eigenvalue weighted by molar-refractivity contribution is 0.0961. The topological polar surface area (TPSA) is 84.2 Å². The molecule has 2 aromatic rings. The second kappa shape index (κ2) is 6.56. The molecule has 5 nitrogen and oxygen atoms in total. The molecule has 2 aromatic carbocycles. The van der Waals surface area contributed by atoms with Crippen LogP contribution in [0.1, 0.15) is 26.3 Å². The van der Waals surface area contributed by atoms with Crippen molar-refractivity contribution >= 4 is 17.5 Å². The number of primary amides is 1. The van der Waals surface area contributed by atoms with E-state index in [1.807, 2.05) is 24.3 Å². The van der Waals surface area contributed by atoms with Gasteiger partial charge in [0.15, 0.2) is 0 Å². The molecule has 0 fully saturated rings. The fourth-order valence-corrected chi connectivity index (χ4v) is 1.91. The Labute approximate surface area is 123 Å². The second-order valence-corrected chi connectivity index (χ2v) is 4.57. The Kier molecular flexibility index (Phi) is 4.56. The van der Waals surface area contributed by atoms with E-state index in [1.54, 1.807) is 31.3 Å². The zero-order valence-corrected chi connectivity index (χ0v) is 11.7. The number of hydrogen-bond donors (Lipinski definition) is 3. The third-order valence-electron chi connectivity index (χ3n) is 3.09. The zero-order chi connectivity index (χ0) is 15.2. The van der Waals surface area contributed by atoms with Crippen LogP contribution in [0.4, 0.5) is 5.69 Å². The van der Waals surface area contributed by atoms with Gasteiger partial charge < -0.3 is 16.4 Å². The van der Waals surface area contributed by atoms with Gasteiger partial charge in [-0.05, 0) is 35.9 Å². The molecule has 0 aromatic heterocycles. The lowest BCUT2D eigenvalue weighted by atomic mass is 10.1. The van der Waals surface area contributed by atoms with E-state index in [4.69, 9.17) is 5.73 Å². The Morgan fingerprint density at radius 2 is 1.76 bits per heavy atom. The van der Waals surface area contributed by atoms with Crippen molar-refractivity contribution in [1.29, 1.82) is 0 Å². The average Bonchev–Trinajstić information content (AvgIpc) is 2.52. The number of rotatable bonds is 5. The first-order valence-electron chi connectivity index (χ1n) is 6.55. The standard InChI is InChI=1S/C16H17N3O2/c1-18-16(21)13-3-2-4-14(9-13)19-10-11-5-7-12(8-6-11)15(17)20/h2-9,19H,10H2,1H3,(H2,17,20)(H,18,21). The van der Waals surface area contributed by atoms with Crippen molar-refractivity contribution in [3.05, 3.63) is 65.2 Å². The van der Waals surface area contributed by atoms with Crippen LogP contribution in [-0.2, 0) is 6.54 Å². The minimum atomic E-state index is -0.437. The largest absolute Gasteiger partial charge is 0.381 e. The van der Waals surface area contributed by atoms with E-state index in [1.165, 1.54) is 0 Å². The third-order valence-corrected chi connectivity index (χ3v) is 3.09. The van der Waals surface area contributed by atoms with Crippen LogP contribution in [-0.4, -0.2) is 18.9 Å². The van der Waals surface area contributed by atoms with E-state index in [-0.39, 0.29) is 5.91 Å². The third kappa shape index (κ3) is 3.82. The molecule has 2 rings (SSSR count). The van der Waals surface area contributed by atoms with E-state index in [9.17, 15) is 9.59 Å². The summed E-state index contributed by atoms with van der Waals surface area (Å²) < 4.78 is 0. The van der Waals surface area contributed by atoms with Gasteiger partial charge in [-0.1, -0.05) is 18.2 Å². The summed E-state index contributed by atoms with van der Waals surface area (Å²) in [5.74, 6) is -0.558. The molecule has 0 atom stereocenters. The Balaban J connectivity index is 2.02. The number of amides is 2. The lowest BCUT2D eigenvalue weighted by Gasteiger charge is -2.08. The van der Waals surface area contributed by atoms with Gasteiger partial charge in [-0.15, -0.1) is 0 Å². The quantitative estimate of drug-likeness (QED) is 0.781. The van der Waals surface area contributed by atoms with Crippen LogP contribution in [0.3, 0.4) is 0 Å². The average molecular weight is 283 g/mol. The predicted octanol–water partition coefficient (Wildman–Crippen LogP) is 1.76. The molecular formula is C16H17N3O2. The first-order chi connectivity index (χ1) is 10.1. The molecule has 0 aliphatic heterocycles. The summed E-state index contributed by atoms with van der Waals surface area (Å²) in [5, 5.41) is 5.82. The number of hydrogen-bond acceptors (Lipinski definition) is 3. The van der Waals surface area contributed by atoms with Gasteiger partial charge in [0.25, 0.3) is 5.91 Å². The molecule has 0 aliphatic carbocycles. The molecule has 0 spiro atoms. The van der Waals surface area contributed by atoms with E-state index in [2.05, 4.69) is 10.6 Å². The normalized spacial score (nSPS) is 9.95. The van der Waals surface area contributed by atoms with Crippen LogP contribution in [0.25, 0.3) is 0 Å². The van der Waals surface area contributed by atoms with Crippen LogP contribution in [0.5, 0.6) is 0 Å². The Hall–Kier alpha value is -2.82. The predicted molar refractivity (Wildman–Crippen MR) is 82.1 cm³/mol. The Morgan fingerprint density at radius 3 is 2.38 bits per heavy atom. The number of nitrogens with two attached hydrogens (primary N) is 1. The van der Waals surface area contributed by atoms with Crippen LogP contribution in [0.15, 0.2) is 48.5 Å². The highest BCUT2D eigenvalue weighted by molar-refractivity contribution is 5.95. The number of nitrogens with one attached hydrogen (secondary N) is 2. The fourth-order valence-electron chi connectivity index (χ4n) is 1.91. The molecule has 0 saturated carbocycles. The van der Waals surface area contributed by atoms with Crippen molar-refractivity contribution in [2.45, 2.75) is 6.54 Å². The van der Waals surface area contributed by atoms with Crippen LogP contribution in [0.2, 0.25) is 0 Å². The smallest absolute Gasteiger partial charge is 0.251 e. The van der Waals surface area contributed by atoms with E-state index >= 15 is 0 Å². The summed E-state index contributed by atoms with van der Waals surface area (Å²) in [5.41, 5.74) is 8.16. The summed E-state index contributed by atoms with van der Waals surface area (Å²) in [6.45, 7) is 0.593. The molecule has 0 bridgehead atoms. The highest BCUT2D eigenvalue weighted by Gasteiger charge is 2.04. The summed E-state index contributed by atoms with van der Waals surface area (Å²) in [7, 11) is 1.60. The Morgan fingerprint density at radius 1 is 1.05 bits per heavy atom. The Bertz CT molecular complexity index is 651. The highest BCUT2D eigenvalue weighted by atomic mass is 16.1.